The third kappa shape index (κ3) is 3.60. The first-order chi connectivity index (χ1) is 17.6. The molecular formula is C28H29N5O3. The minimum atomic E-state index is 0.0629. The van der Waals surface area contributed by atoms with Crippen LogP contribution in [0.1, 0.15) is 30.0 Å². The maximum absolute atomic E-state index is 5.89. The van der Waals surface area contributed by atoms with E-state index in [9.17, 15) is 0 Å². The highest BCUT2D eigenvalue weighted by atomic mass is 16.5. The number of methoxy groups -OCH3 is 1. The molecule has 3 aromatic heterocycles. The van der Waals surface area contributed by atoms with Crippen molar-refractivity contribution in [3.63, 3.8) is 0 Å². The van der Waals surface area contributed by atoms with Crippen LogP contribution in [0.25, 0.3) is 33.1 Å². The van der Waals surface area contributed by atoms with E-state index in [1.165, 1.54) is 5.56 Å². The molecule has 2 aromatic carbocycles. The average molecular weight is 484 g/mol. The van der Waals surface area contributed by atoms with E-state index in [2.05, 4.69) is 57.9 Å². The number of nitrogens with zero attached hydrogens (tertiary/aromatic N) is 5. The zero-order chi connectivity index (χ0) is 24.8. The van der Waals surface area contributed by atoms with Gasteiger partial charge in [0.15, 0.2) is 0 Å². The molecule has 8 heteroatoms. The molecule has 4 heterocycles. The first-order valence-corrected chi connectivity index (χ1v) is 12.3. The molecule has 0 amide bonds. The van der Waals surface area contributed by atoms with Gasteiger partial charge in [-0.1, -0.05) is 35.5 Å². The number of hydrogen-bond donors (Lipinski definition) is 0. The standard InChI is InChI=1S/C28H29N5O3/c1-17-26(19(3)36-31-17)22-14-23-21(15-25(22)34-4)27-24(16-29-23)30-28(32-10-12-35-13-11-32)33(27)18(2)20-8-6-5-7-9-20/h5-9,14-16,18H,10-13H2,1-4H3/t18-/m1/s1. The predicted octanol–water partition coefficient (Wildman–Crippen LogP) is 5.31. The monoisotopic (exact) mass is 483 g/mol. The molecule has 0 N–H and O–H groups in total. The Kier molecular flexibility index (Phi) is 5.60. The van der Waals surface area contributed by atoms with E-state index in [1.807, 2.05) is 26.1 Å². The SMILES string of the molecule is COc1cc2c(cc1-c1c(C)noc1C)ncc1nc(N3CCOCC3)n([C@H](C)c3ccccc3)c12. The molecule has 5 aromatic rings. The summed E-state index contributed by atoms with van der Waals surface area (Å²) < 4.78 is 19.3. The summed E-state index contributed by atoms with van der Waals surface area (Å²) in [5.41, 5.74) is 6.67. The van der Waals surface area contributed by atoms with Crippen molar-refractivity contribution in [2.75, 3.05) is 38.3 Å². The molecular weight excluding hydrogens is 454 g/mol. The summed E-state index contributed by atoms with van der Waals surface area (Å²) in [5, 5.41) is 5.14. The minimum Gasteiger partial charge on any atom is -0.496 e. The number of hydrogen-bond acceptors (Lipinski definition) is 7. The van der Waals surface area contributed by atoms with Crippen LogP contribution in [-0.4, -0.2) is 53.1 Å². The van der Waals surface area contributed by atoms with Gasteiger partial charge in [-0.25, -0.2) is 4.98 Å². The lowest BCUT2D eigenvalue weighted by atomic mass is 10.00. The zero-order valence-electron chi connectivity index (χ0n) is 21.0. The van der Waals surface area contributed by atoms with E-state index in [4.69, 9.17) is 24.0 Å². The van der Waals surface area contributed by atoms with Crippen LogP contribution in [0, 0.1) is 13.8 Å². The second kappa shape index (κ2) is 8.95. The van der Waals surface area contributed by atoms with Crippen LogP contribution in [-0.2, 0) is 4.74 Å². The lowest BCUT2D eigenvalue weighted by Crippen LogP contribution is -2.38. The van der Waals surface area contributed by atoms with Gasteiger partial charge < -0.3 is 23.5 Å². The molecule has 8 nitrogen and oxygen atoms in total. The van der Waals surface area contributed by atoms with E-state index in [1.54, 1.807) is 7.11 Å². The summed E-state index contributed by atoms with van der Waals surface area (Å²) in [7, 11) is 1.69. The van der Waals surface area contributed by atoms with E-state index < -0.39 is 0 Å². The summed E-state index contributed by atoms with van der Waals surface area (Å²) in [6, 6.07) is 14.7. The molecule has 1 atom stereocenters. The van der Waals surface area contributed by atoms with Gasteiger partial charge in [0.1, 0.15) is 17.0 Å². The van der Waals surface area contributed by atoms with Crippen molar-refractivity contribution in [1.82, 2.24) is 19.7 Å². The number of benzene rings is 2. The zero-order valence-corrected chi connectivity index (χ0v) is 21.0. The predicted molar refractivity (Wildman–Crippen MR) is 140 cm³/mol. The molecule has 0 bridgehead atoms. The quantitative estimate of drug-likeness (QED) is 0.335. The summed E-state index contributed by atoms with van der Waals surface area (Å²) in [5.74, 6) is 2.44. The second-order valence-electron chi connectivity index (χ2n) is 9.23. The van der Waals surface area contributed by atoms with Crippen molar-refractivity contribution in [3.8, 4) is 16.9 Å². The highest BCUT2D eigenvalue weighted by molar-refractivity contribution is 6.05. The third-order valence-corrected chi connectivity index (χ3v) is 7.08. The number of ether oxygens (including phenoxy) is 2. The number of morpholine rings is 1. The van der Waals surface area contributed by atoms with Gasteiger partial charge in [-0.2, -0.15) is 0 Å². The Morgan fingerprint density at radius 1 is 1.03 bits per heavy atom. The fourth-order valence-corrected chi connectivity index (χ4v) is 5.26. The Bertz CT molecular complexity index is 1530. The Balaban J connectivity index is 1.64. The Labute approximate surface area is 209 Å². The maximum atomic E-state index is 5.89. The van der Waals surface area contributed by atoms with Crippen molar-refractivity contribution in [1.29, 1.82) is 0 Å². The van der Waals surface area contributed by atoms with Crippen LogP contribution in [0.4, 0.5) is 5.95 Å². The van der Waals surface area contributed by atoms with E-state index in [0.717, 1.165) is 69.3 Å². The molecule has 0 saturated carbocycles. The molecule has 1 saturated heterocycles. The van der Waals surface area contributed by atoms with Crippen molar-refractivity contribution < 1.29 is 14.0 Å². The summed E-state index contributed by atoms with van der Waals surface area (Å²) in [6.45, 7) is 9.07. The lowest BCUT2D eigenvalue weighted by molar-refractivity contribution is 0.121. The molecule has 6 rings (SSSR count). The maximum Gasteiger partial charge on any atom is 0.207 e. The van der Waals surface area contributed by atoms with Gasteiger partial charge in [-0.15, -0.1) is 0 Å². The van der Waals surface area contributed by atoms with Gasteiger partial charge in [-0.05, 0) is 38.5 Å². The average Bonchev–Trinajstić information content (AvgIpc) is 3.48. The Hall–Kier alpha value is -3.91. The first kappa shape index (κ1) is 22.5. The molecule has 0 radical (unpaired) electrons. The van der Waals surface area contributed by atoms with Gasteiger partial charge in [0, 0.05) is 24.0 Å². The fraction of sp³-hybridized carbons (Fsp3) is 0.321. The number of rotatable bonds is 5. The summed E-state index contributed by atoms with van der Waals surface area (Å²) in [6.07, 6.45) is 1.87. The van der Waals surface area contributed by atoms with Crippen LogP contribution in [0.2, 0.25) is 0 Å². The number of anilines is 1. The van der Waals surface area contributed by atoms with Crippen molar-refractivity contribution in [3.05, 3.63) is 65.7 Å². The van der Waals surface area contributed by atoms with E-state index in [-0.39, 0.29) is 6.04 Å². The van der Waals surface area contributed by atoms with E-state index >= 15 is 0 Å². The number of pyridine rings is 1. The molecule has 36 heavy (non-hydrogen) atoms. The highest BCUT2D eigenvalue weighted by Crippen LogP contribution is 2.41. The summed E-state index contributed by atoms with van der Waals surface area (Å²) in [4.78, 5) is 12.2. The van der Waals surface area contributed by atoms with Gasteiger partial charge in [-0.3, -0.25) is 4.98 Å². The van der Waals surface area contributed by atoms with Crippen LogP contribution >= 0.6 is 0 Å². The van der Waals surface area contributed by atoms with E-state index in [0.29, 0.717) is 13.2 Å². The molecule has 0 unspecified atom stereocenters. The minimum absolute atomic E-state index is 0.0629. The molecule has 0 aliphatic carbocycles. The number of aryl methyl sites for hydroxylation is 2. The largest absolute Gasteiger partial charge is 0.496 e. The van der Waals surface area contributed by atoms with Crippen LogP contribution in [0.5, 0.6) is 5.75 Å². The smallest absolute Gasteiger partial charge is 0.207 e. The number of aromatic nitrogens is 4. The second-order valence-corrected chi connectivity index (χ2v) is 9.23. The van der Waals surface area contributed by atoms with Gasteiger partial charge in [0.25, 0.3) is 0 Å². The molecule has 1 aliphatic rings. The Morgan fingerprint density at radius 3 is 2.50 bits per heavy atom. The molecule has 184 valence electrons. The molecule has 0 spiro atoms. The third-order valence-electron chi connectivity index (χ3n) is 7.08. The Morgan fingerprint density at radius 2 is 1.81 bits per heavy atom. The summed E-state index contributed by atoms with van der Waals surface area (Å²) >= 11 is 0. The lowest BCUT2D eigenvalue weighted by Gasteiger charge is -2.30. The van der Waals surface area contributed by atoms with Gasteiger partial charge >= 0.3 is 0 Å². The van der Waals surface area contributed by atoms with Crippen LogP contribution in [0.15, 0.2) is 53.2 Å². The fourth-order valence-electron chi connectivity index (χ4n) is 5.26. The van der Waals surface area contributed by atoms with Crippen molar-refractivity contribution in [2.24, 2.45) is 0 Å². The van der Waals surface area contributed by atoms with Crippen molar-refractivity contribution >= 4 is 27.9 Å². The molecule has 1 aliphatic heterocycles. The topological polar surface area (TPSA) is 78.4 Å². The van der Waals surface area contributed by atoms with Gasteiger partial charge in [0.2, 0.25) is 5.95 Å². The van der Waals surface area contributed by atoms with Crippen LogP contribution < -0.4 is 9.64 Å². The highest BCUT2D eigenvalue weighted by Gasteiger charge is 2.26. The molecule has 1 fully saturated rings. The van der Waals surface area contributed by atoms with Crippen molar-refractivity contribution in [2.45, 2.75) is 26.8 Å². The normalized spacial score (nSPS) is 15.1. The number of imidazole rings is 1. The van der Waals surface area contributed by atoms with Crippen LogP contribution in [0.3, 0.4) is 0 Å². The first-order valence-electron chi connectivity index (χ1n) is 12.3. The number of fused-ring (bicyclic) bond motifs is 3. The van der Waals surface area contributed by atoms with Gasteiger partial charge in [0.05, 0.1) is 54.9 Å².